The first-order chi connectivity index (χ1) is 13.0. The maximum absolute atomic E-state index is 12.1. The van der Waals surface area contributed by atoms with E-state index in [4.69, 9.17) is 4.74 Å². The molecule has 0 spiro atoms. The minimum Gasteiger partial charge on any atom is -0.465 e. The second-order valence-corrected chi connectivity index (χ2v) is 6.23. The molecule has 2 aromatic carbocycles. The molecule has 1 aliphatic heterocycles. The molecule has 0 fully saturated rings. The van der Waals surface area contributed by atoms with Gasteiger partial charge in [0.05, 0.1) is 13.1 Å². The average Bonchev–Trinajstić information content (AvgIpc) is 3.17. The highest BCUT2D eigenvalue weighted by atomic mass is 16.6. The number of carbonyl (C=O) groups excluding carboxylic acids is 1. The molecular weight excluding hydrogens is 346 g/mol. The number of hydrogen-bond donors (Lipinski definition) is 1. The summed E-state index contributed by atoms with van der Waals surface area (Å²) in [6, 6.07) is 16.9. The summed E-state index contributed by atoms with van der Waals surface area (Å²) < 4.78 is 5.30. The molecular formula is C20H21N3O4. The van der Waals surface area contributed by atoms with Crippen LogP contribution in [-0.2, 0) is 17.9 Å². The average molecular weight is 367 g/mol. The van der Waals surface area contributed by atoms with Gasteiger partial charge in [0.15, 0.2) is 0 Å². The first-order valence-electron chi connectivity index (χ1n) is 8.60. The predicted octanol–water partition coefficient (Wildman–Crippen LogP) is 3.20. The number of benzene rings is 2. The number of rotatable bonds is 5. The molecule has 0 aromatic heterocycles. The van der Waals surface area contributed by atoms with Gasteiger partial charge in [0.1, 0.15) is 12.4 Å². The summed E-state index contributed by atoms with van der Waals surface area (Å²) in [6.45, 7) is 1.47. The van der Waals surface area contributed by atoms with Crippen molar-refractivity contribution in [3.05, 3.63) is 71.3 Å². The van der Waals surface area contributed by atoms with Gasteiger partial charge < -0.3 is 14.7 Å². The Morgan fingerprint density at radius 2 is 1.81 bits per heavy atom. The topological polar surface area (TPSA) is 82.4 Å². The molecule has 0 saturated heterocycles. The number of nitrogens with zero attached hydrogens (tertiary/aromatic N) is 3. The zero-order chi connectivity index (χ0) is 19.2. The molecule has 27 heavy (non-hydrogen) atoms. The lowest BCUT2D eigenvalue weighted by molar-refractivity contribution is 0.103. The Hall–Kier alpha value is -3.35. The minimum atomic E-state index is -1.00. The summed E-state index contributed by atoms with van der Waals surface area (Å²) in [5.41, 5.74) is 2.59. The Kier molecular flexibility index (Phi) is 5.71. The number of hydrogen-bond acceptors (Lipinski definition) is 4. The van der Waals surface area contributed by atoms with Crippen LogP contribution >= 0.6 is 0 Å². The van der Waals surface area contributed by atoms with Gasteiger partial charge >= 0.3 is 12.2 Å². The van der Waals surface area contributed by atoms with Gasteiger partial charge in [0.25, 0.3) is 0 Å². The van der Waals surface area contributed by atoms with Crippen LogP contribution in [0.4, 0.5) is 9.59 Å². The van der Waals surface area contributed by atoms with Crippen molar-refractivity contribution in [3.63, 3.8) is 0 Å². The van der Waals surface area contributed by atoms with Crippen molar-refractivity contribution in [1.82, 2.24) is 9.80 Å². The van der Waals surface area contributed by atoms with E-state index in [0.29, 0.717) is 25.5 Å². The molecule has 0 saturated carbocycles. The third-order valence-corrected chi connectivity index (χ3v) is 4.22. The fraction of sp³-hybridized carbons (Fsp3) is 0.250. The molecule has 3 rings (SSSR count). The van der Waals surface area contributed by atoms with Crippen molar-refractivity contribution in [2.24, 2.45) is 4.99 Å². The molecule has 0 bridgehead atoms. The third-order valence-electron chi connectivity index (χ3n) is 4.22. The van der Waals surface area contributed by atoms with E-state index in [1.807, 2.05) is 54.6 Å². The lowest BCUT2D eigenvalue weighted by atomic mass is 10.1. The van der Waals surface area contributed by atoms with Crippen molar-refractivity contribution in [3.8, 4) is 0 Å². The van der Waals surface area contributed by atoms with E-state index >= 15 is 0 Å². The summed E-state index contributed by atoms with van der Waals surface area (Å²) >= 11 is 0. The summed E-state index contributed by atoms with van der Waals surface area (Å²) in [5, 5.41) is 9.20. The number of ether oxygens (including phenoxy) is 1. The fourth-order valence-electron chi connectivity index (χ4n) is 2.81. The van der Waals surface area contributed by atoms with Gasteiger partial charge in [-0.3, -0.25) is 9.89 Å². The Balaban J connectivity index is 1.56. The Bertz CT molecular complexity index is 834. The zero-order valence-electron chi connectivity index (χ0n) is 15.0. The molecule has 0 radical (unpaired) electrons. The molecule has 2 aromatic rings. The van der Waals surface area contributed by atoms with Crippen LogP contribution in [-0.4, -0.2) is 53.1 Å². The molecule has 0 atom stereocenters. The normalized spacial score (nSPS) is 13.2. The summed E-state index contributed by atoms with van der Waals surface area (Å²) in [7, 11) is 1.68. The Labute approximate surface area is 157 Å². The van der Waals surface area contributed by atoms with E-state index in [1.165, 1.54) is 9.80 Å². The number of amides is 2. The van der Waals surface area contributed by atoms with Crippen LogP contribution in [0.5, 0.6) is 0 Å². The van der Waals surface area contributed by atoms with Crippen LogP contribution in [0.1, 0.15) is 16.7 Å². The van der Waals surface area contributed by atoms with E-state index in [1.54, 1.807) is 7.05 Å². The maximum atomic E-state index is 12.1. The van der Waals surface area contributed by atoms with Gasteiger partial charge in [-0.1, -0.05) is 54.6 Å². The number of carboxylic acid groups (broad SMARTS) is 1. The lowest BCUT2D eigenvalue weighted by Gasteiger charge is -2.18. The van der Waals surface area contributed by atoms with E-state index in [9.17, 15) is 14.7 Å². The second kappa shape index (κ2) is 8.35. The standard InChI is InChI=1S/C20H21N3O4/c1-22(20(26)27-14-16-5-3-2-4-6-16)13-15-7-9-17(10-8-15)18-21-11-12-23(18)19(24)25/h2-10H,11-14H2,1H3,(H,24,25). The molecule has 2 amide bonds. The van der Waals surface area contributed by atoms with Crippen LogP contribution < -0.4 is 0 Å². The molecule has 1 N–H and O–H groups in total. The zero-order valence-corrected chi connectivity index (χ0v) is 15.0. The van der Waals surface area contributed by atoms with Gasteiger partial charge in [0, 0.05) is 19.2 Å². The van der Waals surface area contributed by atoms with Crippen LogP contribution in [0, 0.1) is 0 Å². The SMILES string of the molecule is CN(Cc1ccc(C2=NCCN2C(=O)O)cc1)C(=O)OCc1ccccc1. The first kappa shape index (κ1) is 18.4. The lowest BCUT2D eigenvalue weighted by Crippen LogP contribution is -2.33. The van der Waals surface area contributed by atoms with Crippen LogP contribution in [0.3, 0.4) is 0 Å². The summed E-state index contributed by atoms with van der Waals surface area (Å²) in [5.74, 6) is 0.463. The van der Waals surface area contributed by atoms with Crippen molar-refractivity contribution in [2.75, 3.05) is 20.1 Å². The minimum absolute atomic E-state index is 0.230. The molecule has 0 unspecified atom stereocenters. The first-order valence-corrected chi connectivity index (χ1v) is 8.60. The summed E-state index contributed by atoms with van der Waals surface area (Å²) in [6.07, 6.45) is -1.41. The van der Waals surface area contributed by atoms with E-state index in [2.05, 4.69) is 4.99 Å². The number of amidine groups is 1. The van der Waals surface area contributed by atoms with Crippen molar-refractivity contribution in [1.29, 1.82) is 0 Å². The van der Waals surface area contributed by atoms with Gasteiger partial charge in [-0.15, -0.1) is 0 Å². The van der Waals surface area contributed by atoms with E-state index in [-0.39, 0.29) is 6.61 Å². The molecule has 140 valence electrons. The largest absolute Gasteiger partial charge is 0.465 e. The molecule has 1 aliphatic rings. The summed E-state index contributed by atoms with van der Waals surface area (Å²) in [4.78, 5) is 30.3. The number of carbonyl (C=O) groups is 2. The highest BCUT2D eigenvalue weighted by Gasteiger charge is 2.24. The smallest absolute Gasteiger partial charge is 0.413 e. The van der Waals surface area contributed by atoms with Crippen molar-refractivity contribution < 1.29 is 19.4 Å². The van der Waals surface area contributed by atoms with E-state index in [0.717, 1.165) is 16.7 Å². The predicted molar refractivity (Wildman–Crippen MR) is 101 cm³/mol. The molecule has 0 aliphatic carbocycles. The maximum Gasteiger partial charge on any atom is 0.413 e. The Morgan fingerprint density at radius 3 is 2.48 bits per heavy atom. The quantitative estimate of drug-likeness (QED) is 0.880. The van der Waals surface area contributed by atoms with E-state index < -0.39 is 12.2 Å². The highest BCUT2D eigenvalue weighted by Crippen LogP contribution is 2.14. The monoisotopic (exact) mass is 367 g/mol. The molecule has 1 heterocycles. The van der Waals surface area contributed by atoms with Crippen LogP contribution in [0.25, 0.3) is 0 Å². The van der Waals surface area contributed by atoms with Gasteiger partial charge in [-0.05, 0) is 11.1 Å². The fourth-order valence-corrected chi connectivity index (χ4v) is 2.81. The van der Waals surface area contributed by atoms with Crippen LogP contribution in [0.2, 0.25) is 0 Å². The molecule has 7 nitrogen and oxygen atoms in total. The van der Waals surface area contributed by atoms with Crippen LogP contribution in [0.15, 0.2) is 59.6 Å². The van der Waals surface area contributed by atoms with Gasteiger partial charge in [0.2, 0.25) is 0 Å². The van der Waals surface area contributed by atoms with Gasteiger partial charge in [-0.2, -0.15) is 0 Å². The second-order valence-electron chi connectivity index (χ2n) is 6.23. The van der Waals surface area contributed by atoms with Crippen molar-refractivity contribution in [2.45, 2.75) is 13.2 Å². The molecule has 7 heteroatoms. The van der Waals surface area contributed by atoms with Crippen molar-refractivity contribution >= 4 is 18.0 Å². The Morgan fingerprint density at radius 1 is 1.11 bits per heavy atom. The van der Waals surface area contributed by atoms with Gasteiger partial charge in [-0.25, -0.2) is 9.59 Å². The third kappa shape index (κ3) is 4.63. The number of aliphatic imine (C=N–C) groups is 1. The highest BCUT2D eigenvalue weighted by molar-refractivity contribution is 6.07.